The number of hydrazine groups is 1. The molecule has 2 rings (SSSR count). The van der Waals surface area contributed by atoms with Gasteiger partial charge in [-0.15, -0.1) is 0 Å². The fraction of sp³-hybridized carbons (Fsp3) is 0.600. The number of nitrogens with two attached hydrogens (primary N) is 1. The molecule has 0 saturated heterocycles. The number of benzene rings is 1. The smallest absolute Gasteiger partial charge is 0.127 e. The normalized spacial score (nSPS) is 19.6. The first-order valence-electron chi connectivity index (χ1n) is 7.02. The van der Waals surface area contributed by atoms with Crippen molar-refractivity contribution in [1.82, 2.24) is 5.43 Å². The zero-order chi connectivity index (χ0) is 13.9. The van der Waals surface area contributed by atoms with E-state index in [-0.39, 0.29) is 17.3 Å². The molecule has 1 aliphatic rings. The quantitative estimate of drug-likeness (QED) is 0.637. The van der Waals surface area contributed by atoms with Crippen LogP contribution in [0.5, 0.6) is 0 Å². The summed E-state index contributed by atoms with van der Waals surface area (Å²) < 4.78 is 13.9. The molecule has 0 spiro atoms. The molecular weight excluding hydrogens is 263 g/mol. The van der Waals surface area contributed by atoms with E-state index in [4.69, 9.17) is 17.4 Å². The van der Waals surface area contributed by atoms with Crippen molar-refractivity contribution in [2.24, 2.45) is 11.3 Å². The van der Waals surface area contributed by atoms with Gasteiger partial charge in [0, 0.05) is 16.6 Å². The lowest BCUT2D eigenvalue weighted by molar-refractivity contribution is 0.184. The minimum atomic E-state index is -0.239. The standard InChI is InChI=1S/C15H22ClFN2/c1-2-15(8-3-4-9-15)14(19-18)10-11-12(16)6-5-7-13(11)17/h5-7,14,19H,2-4,8-10,18H2,1H3. The van der Waals surface area contributed by atoms with Gasteiger partial charge in [-0.25, -0.2) is 4.39 Å². The Kier molecular flexibility index (Phi) is 4.82. The average Bonchev–Trinajstić information content (AvgIpc) is 2.88. The molecule has 19 heavy (non-hydrogen) atoms. The van der Waals surface area contributed by atoms with Crippen LogP contribution in [-0.4, -0.2) is 6.04 Å². The molecule has 106 valence electrons. The van der Waals surface area contributed by atoms with Gasteiger partial charge in [-0.3, -0.25) is 11.3 Å². The summed E-state index contributed by atoms with van der Waals surface area (Å²) in [5, 5.41) is 0.490. The molecule has 0 amide bonds. The maximum Gasteiger partial charge on any atom is 0.127 e. The van der Waals surface area contributed by atoms with Crippen LogP contribution in [0.2, 0.25) is 5.02 Å². The molecule has 3 N–H and O–H groups in total. The van der Waals surface area contributed by atoms with Crippen molar-refractivity contribution < 1.29 is 4.39 Å². The number of nitrogens with one attached hydrogen (secondary N) is 1. The van der Waals surface area contributed by atoms with Crippen molar-refractivity contribution in [2.75, 3.05) is 0 Å². The molecule has 1 aromatic carbocycles. The Morgan fingerprint density at radius 3 is 2.63 bits per heavy atom. The third-order valence-electron chi connectivity index (χ3n) is 4.71. The first-order chi connectivity index (χ1) is 9.13. The topological polar surface area (TPSA) is 38.0 Å². The van der Waals surface area contributed by atoms with E-state index in [1.807, 2.05) is 0 Å². The second kappa shape index (κ2) is 6.21. The number of hydrogen-bond donors (Lipinski definition) is 2. The first kappa shape index (κ1) is 14.8. The average molecular weight is 285 g/mol. The Morgan fingerprint density at radius 1 is 1.42 bits per heavy atom. The monoisotopic (exact) mass is 284 g/mol. The summed E-state index contributed by atoms with van der Waals surface area (Å²) in [5.74, 6) is 5.51. The predicted octanol–water partition coefficient (Wildman–Crippen LogP) is 3.82. The second-order valence-corrected chi connectivity index (χ2v) is 5.95. The first-order valence-corrected chi connectivity index (χ1v) is 7.40. The SMILES string of the molecule is CCC1(C(Cc2c(F)cccc2Cl)NN)CCCC1. The van der Waals surface area contributed by atoms with E-state index in [1.54, 1.807) is 12.1 Å². The van der Waals surface area contributed by atoms with Gasteiger partial charge in [0.05, 0.1) is 0 Å². The summed E-state index contributed by atoms with van der Waals surface area (Å²) in [6.45, 7) is 2.19. The van der Waals surface area contributed by atoms with Gasteiger partial charge in [0.2, 0.25) is 0 Å². The molecule has 0 bridgehead atoms. The molecule has 1 aromatic rings. The van der Waals surface area contributed by atoms with Gasteiger partial charge in [0.1, 0.15) is 5.82 Å². The van der Waals surface area contributed by atoms with Crippen LogP contribution in [-0.2, 0) is 6.42 Å². The highest BCUT2D eigenvalue weighted by Crippen LogP contribution is 2.45. The molecule has 4 heteroatoms. The molecule has 1 atom stereocenters. The summed E-state index contributed by atoms with van der Waals surface area (Å²) in [7, 11) is 0. The van der Waals surface area contributed by atoms with Crippen molar-refractivity contribution in [1.29, 1.82) is 0 Å². The summed E-state index contributed by atoms with van der Waals surface area (Å²) >= 11 is 6.12. The van der Waals surface area contributed by atoms with Gasteiger partial charge in [0.25, 0.3) is 0 Å². The van der Waals surface area contributed by atoms with Crippen molar-refractivity contribution in [2.45, 2.75) is 51.5 Å². The van der Waals surface area contributed by atoms with Gasteiger partial charge < -0.3 is 0 Å². The Labute approximate surface area is 119 Å². The fourth-order valence-electron chi connectivity index (χ4n) is 3.41. The van der Waals surface area contributed by atoms with Crippen molar-refractivity contribution in [3.63, 3.8) is 0 Å². The van der Waals surface area contributed by atoms with Crippen LogP contribution in [0.3, 0.4) is 0 Å². The van der Waals surface area contributed by atoms with Crippen molar-refractivity contribution in [3.05, 3.63) is 34.6 Å². The fourth-order valence-corrected chi connectivity index (χ4v) is 3.65. The molecular formula is C15H22ClFN2. The Hall–Kier alpha value is -0.640. The molecule has 0 aromatic heterocycles. The van der Waals surface area contributed by atoms with Crippen LogP contribution in [0.1, 0.15) is 44.6 Å². The van der Waals surface area contributed by atoms with Gasteiger partial charge in [-0.2, -0.15) is 0 Å². The Bertz CT molecular complexity index is 410. The van der Waals surface area contributed by atoms with Crippen molar-refractivity contribution in [3.8, 4) is 0 Å². The van der Waals surface area contributed by atoms with Crippen LogP contribution >= 0.6 is 11.6 Å². The number of hydrogen-bond acceptors (Lipinski definition) is 2. The third kappa shape index (κ3) is 2.93. The molecule has 2 nitrogen and oxygen atoms in total. The summed E-state index contributed by atoms with van der Waals surface area (Å²) in [6.07, 6.45) is 6.40. The summed E-state index contributed by atoms with van der Waals surface area (Å²) in [6, 6.07) is 4.91. The van der Waals surface area contributed by atoms with Crippen LogP contribution in [0, 0.1) is 11.2 Å². The Morgan fingerprint density at radius 2 is 2.11 bits per heavy atom. The highest BCUT2D eigenvalue weighted by molar-refractivity contribution is 6.31. The van der Waals surface area contributed by atoms with E-state index in [0.717, 1.165) is 19.3 Å². The van der Waals surface area contributed by atoms with Crippen LogP contribution in [0.25, 0.3) is 0 Å². The summed E-state index contributed by atoms with van der Waals surface area (Å²) in [5.41, 5.74) is 3.67. The van der Waals surface area contributed by atoms with Gasteiger partial charge in [-0.05, 0) is 43.2 Å². The van der Waals surface area contributed by atoms with Gasteiger partial charge >= 0.3 is 0 Å². The lowest BCUT2D eigenvalue weighted by atomic mass is 9.74. The number of rotatable bonds is 5. The van der Waals surface area contributed by atoms with Crippen LogP contribution in [0.15, 0.2) is 18.2 Å². The molecule has 0 heterocycles. The third-order valence-corrected chi connectivity index (χ3v) is 5.07. The predicted molar refractivity (Wildman–Crippen MR) is 77.4 cm³/mol. The number of halogens is 2. The van der Waals surface area contributed by atoms with E-state index in [0.29, 0.717) is 17.0 Å². The lowest BCUT2D eigenvalue weighted by Crippen LogP contribution is -2.48. The van der Waals surface area contributed by atoms with E-state index >= 15 is 0 Å². The largest absolute Gasteiger partial charge is 0.271 e. The van der Waals surface area contributed by atoms with E-state index in [1.165, 1.54) is 18.9 Å². The molecule has 0 aliphatic heterocycles. The molecule has 1 aliphatic carbocycles. The second-order valence-electron chi connectivity index (χ2n) is 5.55. The molecule has 0 radical (unpaired) electrons. The summed E-state index contributed by atoms with van der Waals surface area (Å²) in [4.78, 5) is 0. The maximum atomic E-state index is 13.9. The minimum Gasteiger partial charge on any atom is -0.271 e. The van der Waals surface area contributed by atoms with Crippen LogP contribution < -0.4 is 11.3 Å². The van der Waals surface area contributed by atoms with Gasteiger partial charge in [0.15, 0.2) is 0 Å². The zero-order valence-electron chi connectivity index (χ0n) is 11.4. The molecule has 1 saturated carbocycles. The lowest BCUT2D eigenvalue weighted by Gasteiger charge is -2.37. The highest BCUT2D eigenvalue weighted by atomic mass is 35.5. The van der Waals surface area contributed by atoms with Crippen LogP contribution in [0.4, 0.5) is 4.39 Å². The zero-order valence-corrected chi connectivity index (χ0v) is 12.1. The highest BCUT2D eigenvalue weighted by Gasteiger charge is 2.39. The maximum absolute atomic E-state index is 13.9. The van der Waals surface area contributed by atoms with E-state index < -0.39 is 0 Å². The molecule has 1 fully saturated rings. The van der Waals surface area contributed by atoms with E-state index in [2.05, 4.69) is 12.3 Å². The van der Waals surface area contributed by atoms with Gasteiger partial charge in [-0.1, -0.05) is 37.4 Å². The minimum absolute atomic E-state index is 0.0781. The Balaban J connectivity index is 2.24. The van der Waals surface area contributed by atoms with Crippen molar-refractivity contribution >= 4 is 11.6 Å². The molecule has 1 unspecified atom stereocenters. The van der Waals surface area contributed by atoms with E-state index in [9.17, 15) is 4.39 Å².